The smallest absolute Gasteiger partial charge is 0.338 e. The molecule has 0 aliphatic rings. The number of ether oxygens (including phenoxy) is 3. The van der Waals surface area contributed by atoms with Crippen molar-refractivity contribution in [3.8, 4) is 11.5 Å². The molecule has 3 aromatic rings. The predicted molar refractivity (Wildman–Crippen MR) is 122 cm³/mol. The number of carbonyl (C=O) groups is 3. The van der Waals surface area contributed by atoms with Crippen LogP contribution in [0, 0.1) is 5.82 Å². The maximum Gasteiger partial charge on any atom is 0.338 e. The number of carbonyl (C=O) groups excluding carboxylic acids is 3. The third kappa shape index (κ3) is 7.33. The summed E-state index contributed by atoms with van der Waals surface area (Å²) in [6, 6.07) is 18.9. The quantitative estimate of drug-likeness (QED) is 0.445. The van der Waals surface area contributed by atoms with Gasteiger partial charge in [0.1, 0.15) is 17.3 Å². The van der Waals surface area contributed by atoms with E-state index < -0.39 is 24.3 Å². The fraction of sp³-hybridized carbons (Fsp3) is 0.160. The minimum absolute atomic E-state index is 0.0134. The van der Waals surface area contributed by atoms with E-state index in [1.165, 1.54) is 37.4 Å². The summed E-state index contributed by atoms with van der Waals surface area (Å²) in [7, 11) is 1.53. The number of halogens is 1. The van der Waals surface area contributed by atoms with Crippen molar-refractivity contribution in [1.29, 1.82) is 0 Å². The Bertz CT molecular complexity index is 1150. The van der Waals surface area contributed by atoms with Crippen LogP contribution in [0.25, 0.3) is 0 Å². The first kappa shape index (κ1) is 24.2. The van der Waals surface area contributed by atoms with Crippen LogP contribution in [0.3, 0.4) is 0 Å². The van der Waals surface area contributed by atoms with Crippen LogP contribution in [0.5, 0.6) is 11.5 Å². The molecule has 0 radical (unpaired) electrons. The average Bonchev–Trinajstić information content (AvgIpc) is 2.86. The molecule has 0 aliphatic carbocycles. The maximum atomic E-state index is 13.6. The molecule has 2 amide bonds. The van der Waals surface area contributed by atoms with Gasteiger partial charge in [0, 0.05) is 23.9 Å². The largest absolute Gasteiger partial charge is 0.497 e. The highest BCUT2D eigenvalue weighted by Gasteiger charge is 2.12. The summed E-state index contributed by atoms with van der Waals surface area (Å²) in [4.78, 5) is 36.1. The van der Waals surface area contributed by atoms with Gasteiger partial charge in [0.15, 0.2) is 13.2 Å². The summed E-state index contributed by atoms with van der Waals surface area (Å²) in [5.41, 5.74) is 1.11. The Labute approximate surface area is 195 Å². The maximum absolute atomic E-state index is 13.6. The topological polar surface area (TPSA) is 103 Å². The van der Waals surface area contributed by atoms with E-state index in [0.717, 1.165) is 0 Å². The van der Waals surface area contributed by atoms with E-state index in [2.05, 4.69) is 10.6 Å². The monoisotopic (exact) mass is 466 g/mol. The van der Waals surface area contributed by atoms with Crippen LogP contribution < -0.4 is 20.1 Å². The zero-order chi connectivity index (χ0) is 24.3. The first-order valence-corrected chi connectivity index (χ1v) is 10.3. The number of benzene rings is 3. The van der Waals surface area contributed by atoms with E-state index >= 15 is 0 Å². The lowest BCUT2D eigenvalue weighted by Crippen LogP contribution is -2.28. The van der Waals surface area contributed by atoms with Crippen molar-refractivity contribution in [1.82, 2.24) is 5.32 Å². The molecule has 0 heterocycles. The van der Waals surface area contributed by atoms with Gasteiger partial charge in [-0.1, -0.05) is 24.3 Å². The van der Waals surface area contributed by atoms with Crippen molar-refractivity contribution in [2.24, 2.45) is 0 Å². The summed E-state index contributed by atoms with van der Waals surface area (Å²) < 4.78 is 29.1. The summed E-state index contributed by atoms with van der Waals surface area (Å²) in [6.07, 6.45) is 0. The molecule has 34 heavy (non-hydrogen) atoms. The number of hydrogen-bond donors (Lipinski definition) is 2. The molecule has 9 heteroatoms. The molecule has 3 aromatic carbocycles. The van der Waals surface area contributed by atoms with Crippen molar-refractivity contribution in [2.45, 2.75) is 6.54 Å². The number of esters is 1. The number of nitrogens with one attached hydrogen (secondary N) is 2. The Morgan fingerprint density at radius 2 is 1.62 bits per heavy atom. The Morgan fingerprint density at radius 1 is 0.853 bits per heavy atom. The van der Waals surface area contributed by atoms with E-state index in [0.29, 0.717) is 22.7 Å². The lowest BCUT2D eigenvalue weighted by Gasteiger charge is -2.09. The lowest BCUT2D eigenvalue weighted by molar-refractivity contribution is -0.124. The van der Waals surface area contributed by atoms with Crippen molar-refractivity contribution in [2.75, 3.05) is 25.6 Å². The van der Waals surface area contributed by atoms with Gasteiger partial charge >= 0.3 is 5.97 Å². The van der Waals surface area contributed by atoms with Gasteiger partial charge in [-0.3, -0.25) is 9.59 Å². The van der Waals surface area contributed by atoms with Crippen molar-refractivity contribution in [3.63, 3.8) is 0 Å². The number of amides is 2. The SMILES string of the molecule is COc1cccc(NC(=O)COc2ccc(C(=O)OCC(=O)NCc3ccccc3F)cc2)c1. The van der Waals surface area contributed by atoms with E-state index in [4.69, 9.17) is 14.2 Å². The number of rotatable bonds is 10. The normalized spacial score (nSPS) is 10.2. The van der Waals surface area contributed by atoms with Gasteiger partial charge < -0.3 is 24.8 Å². The number of methoxy groups -OCH3 is 1. The van der Waals surface area contributed by atoms with E-state index in [1.54, 1.807) is 42.5 Å². The van der Waals surface area contributed by atoms with Crippen molar-refractivity contribution >= 4 is 23.5 Å². The van der Waals surface area contributed by atoms with Crippen LogP contribution in [-0.2, 0) is 20.9 Å². The van der Waals surface area contributed by atoms with Crippen LogP contribution >= 0.6 is 0 Å². The Hall–Kier alpha value is -4.40. The fourth-order valence-corrected chi connectivity index (χ4v) is 2.84. The zero-order valence-electron chi connectivity index (χ0n) is 18.4. The molecule has 0 saturated carbocycles. The van der Waals surface area contributed by atoms with Gasteiger partial charge in [-0.25, -0.2) is 9.18 Å². The van der Waals surface area contributed by atoms with Crippen LogP contribution in [0.4, 0.5) is 10.1 Å². The summed E-state index contributed by atoms with van der Waals surface area (Å²) >= 11 is 0. The van der Waals surface area contributed by atoms with Gasteiger partial charge in [0.25, 0.3) is 11.8 Å². The third-order valence-electron chi connectivity index (χ3n) is 4.58. The minimum atomic E-state index is -0.705. The van der Waals surface area contributed by atoms with E-state index in [-0.39, 0.29) is 24.6 Å². The highest BCUT2D eigenvalue weighted by Crippen LogP contribution is 2.17. The highest BCUT2D eigenvalue weighted by molar-refractivity contribution is 5.92. The molecule has 176 valence electrons. The molecule has 0 fully saturated rings. The van der Waals surface area contributed by atoms with Crippen molar-refractivity contribution < 1.29 is 33.0 Å². The molecule has 0 unspecified atom stereocenters. The van der Waals surface area contributed by atoms with Crippen LogP contribution in [0.15, 0.2) is 72.8 Å². The first-order chi connectivity index (χ1) is 16.4. The fourth-order valence-electron chi connectivity index (χ4n) is 2.84. The molecular weight excluding hydrogens is 443 g/mol. The second-order valence-corrected chi connectivity index (χ2v) is 7.04. The molecule has 0 bridgehead atoms. The second-order valence-electron chi connectivity index (χ2n) is 7.04. The second kappa shape index (κ2) is 12.0. The molecule has 3 rings (SSSR count). The Kier molecular flexibility index (Phi) is 8.56. The Morgan fingerprint density at radius 3 is 2.35 bits per heavy atom. The van der Waals surface area contributed by atoms with Crippen molar-refractivity contribution in [3.05, 3.63) is 89.7 Å². The van der Waals surface area contributed by atoms with Crippen LogP contribution in [0.1, 0.15) is 15.9 Å². The first-order valence-electron chi connectivity index (χ1n) is 10.3. The molecule has 0 saturated heterocycles. The summed E-state index contributed by atoms with van der Waals surface area (Å²) in [6.45, 7) is -0.750. The molecule has 0 aromatic heterocycles. The van der Waals surface area contributed by atoms with Gasteiger partial charge in [0.05, 0.1) is 12.7 Å². The molecular formula is C25H23FN2O6. The molecule has 0 spiro atoms. The molecule has 0 aliphatic heterocycles. The zero-order valence-corrected chi connectivity index (χ0v) is 18.4. The molecule has 2 N–H and O–H groups in total. The van der Waals surface area contributed by atoms with Gasteiger partial charge in [-0.15, -0.1) is 0 Å². The van der Waals surface area contributed by atoms with Gasteiger partial charge in [-0.2, -0.15) is 0 Å². The molecule has 8 nitrogen and oxygen atoms in total. The average molecular weight is 466 g/mol. The Balaban J connectivity index is 1.40. The number of anilines is 1. The lowest BCUT2D eigenvalue weighted by atomic mass is 10.2. The van der Waals surface area contributed by atoms with E-state index in [9.17, 15) is 18.8 Å². The van der Waals surface area contributed by atoms with Gasteiger partial charge in [0.2, 0.25) is 0 Å². The summed E-state index contributed by atoms with van der Waals surface area (Å²) in [5.74, 6) is -1.07. The van der Waals surface area contributed by atoms with Gasteiger partial charge in [-0.05, 0) is 42.5 Å². The minimum Gasteiger partial charge on any atom is -0.497 e. The summed E-state index contributed by atoms with van der Waals surface area (Å²) in [5, 5.41) is 5.18. The number of hydrogen-bond acceptors (Lipinski definition) is 6. The van der Waals surface area contributed by atoms with Crippen LogP contribution in [-0.4, -0.2) is 38.1 Å². The predicted octanol–water partition coefficient (Wildman–Crippen LogP) is 3.33. The highest BCUT2D eigenvalue weighted by atomic mass is 19.1. The van der Waals surface area contributed by atoms with Crippen LogP contribution in [0.2, 0.25) is 0 Å². The van der Waals surface area contributed by atoms with E-state index in [1.807, 2.05) is 0 Å². The third-order valence-corrected chi connectivity index (χ3v) is 4.58. The standard InChI is InChI=1S/C25H23FN2O6/c1-32-21-7-4-6-19(13-21)28-24(30)16-33-20-11-9-17(10-12-20)25(31)34-15-23(29)27-14-18-5-2-3-8-22(18)26/h2-13H,14-16H2,1H3,(H,27,29)(H,28,30). The molecule has 0 atom stereocenters.